The largest absolute Gasteiger partial charge is 0.497 e. The van der Waals surface area contributed by atoms with Crippen molar-refractivity contribution in [2.45, 2.75) is 24.4 Å². The van der Waals surface area contributed by atoms with Crippen LogP contribution in [0.1, 0.15) is 12.5 Å². The molecule has 2 aromatic carbocycles. The van der Waals surface area contributed by atoms with Crippen molar-refractivity contribution in [1.29, 1.82) is 0 Å². The van der Waals surface area contributed by atoms with Crippen molar-refractivity contribution < 1.29 is 14.2 Å². The minimum atomic E-state index is 0.293. The first-order valence-corrected chi connectivity index (χ1v) is 9.36. The zero-order chi connectivity index (χ0) is 17.9. The van der Waals surface area contributed by atoms with Crippen LogP contribution in [0, 0.1) is 0 Å². The fourth-order valence-corrected chi connectivity index (χ4v) is 3.76. The van der Waals surface area contributed by atoms with Crippen LogP contribution in [0.25, 0.3) is 11.4 Å². The Labute approximate surface area is 156 Å². The lowest BCUT2D eigenvalue weighted by molar-refractivity contribution is 0.174. The van der Waals surface area contributed by atoms with Crippen LogP contribution in [-0.2, 0) is 12.3 Å². The summed E-state index contributed by atoms with van der Waals surface area (Å²) in [6.45, 7) is 3.19. The summed E-state index contributed by atoms with van der Waals surface area (Å²) in [7, 11) is 1.66. The normalized spacial score (nSPS) is 12.4. The molecule has 6 nitrogen and oxygen atoms in total. The number of benzene rings is 2. The van der Waals surface area contributed by atoms with Crippen LogP contribution in [0.5, 0.6) is 17.2 Å². The van der Waals surface area contributed by atoms with Gasteiger partial charge in [0.2, 0.25) is 6.79 Å². The van der Waals surface area contributed by atoms with Crippen LogP contribution in [0.2, 0.25) is 0 Å². The maximum absolute atomic E-state index is 5.44. The first-order chi connectivity index (χ1) is 12.8. The second-order valence-electron chi connectivity index (χ2n) is 5.76. The summed E-state index contributed by atoms with van der Waals surface area (Å²) < 4.78 is 18.1. The Morgan fingerprint density at radius 2 is 1.88 bits per heavy atom. The van der Waals surface area contributed by atoms with Crippen LogP contribution in [0.3, 0.4) is 0 Å². The summed E-state index contributed by atoms with van der Waals surface area (Å²) in [5, 5.41) is 9.67. The molecule has 0 spiro atoms. The van der Waals surface area contributed by atoms with Crippen LogP contribution in [0.4, 0.5) is 0 Å². The number of hydrogen-bond donors (Lipinski definition) is 0. The minimum Gasteiger partial charge on any atom is -0.497 e. The molecular formula is C19H19N3O3S. The molecule has 0 unspecified atom stereocenters. The van der Waals surface area contributed by atoms with E-state index >= 15 is 0 Å². The third kappa shape index (κ3) is 3.22. The van der Waals surface area contributed by atoms with Gasteiger partial charge in [-0.1, -0.05) is 17.8 Å². The lowest BCUT2D eigenvalue weighted by Crippen LogP contribution is -2.00. The monoisotopic (exact) mass is 369 g/mol. The maximum Gasteiger partial charge on any atom is 0.231 e. The number of thioether (sulfide) groups is 1. The molecule has 0 amide bonds. The molecule has 0 N–H and O–H groups in total. The van der Waals surface area contributed by atoms with Gasteiger partial charge < -0.3 is 18.8 Å². The molecule has 7 heteroatoms. The predicted octanol–water partition coefficient (Wildman–Crippen LogP) is 3.99. The number of nitrogens with zero attached hydrogens (tertiary/aromatic N) is 3. The molecule has 0 saturated carbocycles. The zero-order valence-electron chi connectivity index (χ0n) is 14.6. The molecular weight excluding hydrogens is 350 g/mol. The van der Waals surface area contributed by atoms with Gasteiger partial charge in [-0.05, 0) is 48.9 Å². The molecule has 3 aromatic rings. The first kappa shape index (κ1) is 16.8. The average Bonchev–Trinajstić information content (AvgIpc) is 3.32. The molecule has 2 heterocycles. The summed E-state index contributed by atoms with van der Waals surface area (Å²) in [4.78, 5) is 0. The number of hydrogen-bond acceptors (Lipinski definition) is 6. The number of aromatic nitrogens is 3. The van der Waals surface area contributed by atoms with E-state index < -0.39 is 0 Å². The van der Waals surface area contributed by atoms with Gasteiger partial charge >= 0.3 is 0 Å². The van der Waals surface area contributed by atoms with Gasteiger partial charge in [0.25, 0.3) is 0 Å². The van der Waals surface area contributed by atoms with Crippen LogP contribution in [0.15, 0.2) is 47.6 Å². The highest BCUT2D eigenvalue weighted by atomic mass is 32.2. The summed E-state index contributed by atoms with van der Waals surface area (Å²) in [5.74, 6) is 4.09. The van der Waals surface area contributed by atoms with Gasteiger partial charge in [-0.15, -0.1) is 10.2 Å². The third-order valence-corrected chi connectivity index (χ3v) is 5.22. The topological polar surface area (TPSA) is 58.4 Å². The molecule has 26 heavy (non-hydrogen) atoms. The second kappa shape index (κ2) is 7.29. The molecule has 4 rings (SSSR count). The molecule has 0 fully saturated rings. The maximum atomic E-state index is 5.44. The Bertz CT molecular complexity index is 909. The minimum absolute atomic E-state index is 0.293. The highest BCUT2D eigenvalue weighted by Crippen LogP contribution is 2.34. The first-order valence-electron chi connectivity index (χ1n) is 8.37. The summed E-state index contributed by atoms with van der Waals surface area (Å²) in [6, 6.07) is 13.9. The van der Waals surface area contributed by atoms with Crippen molar-refractivity contribution in [3.63, 3.8) is 0 Å². The van der Waals surface area contributed by atoms with Crippen LogP contribution < -0.4 is 14.2 Å². The second-order valence-corrected chi connectivity index (χ2v) is 6.70. The van der Waals surface area contributed by atoms with E-state index in [1.807, 2.05) is 36.4 Å². The standard InChI is InChI=1S/C19H19N3O3S/c1-3-22-18(14-5-7-15(23-2)8-6-14)20-21-19(22)26-11-13-4-9-16-17(10-13)25-12-24-16/h4-10H,3,11-12H2,1-2H3. The quantitative estimate of drug-likeness (QED) is 0.612. The third-order valence-electron chi connectivity index (χ3n) is 4.19. The smallest absolute Gasteiger partial charge is 0.231 e. The zero-order valence-corrected chi connectivity index (χ0v) is 15.5. The van der Waals surface area contributed by atoms with Crippen molar-refractivity contribution in [3.05, 3.63) is 48.0 Å². The van der Waals surface area contributed by atoms with Gasteiger partial charge in [0.05, 0.1) is 7.11 Å². The highest BCUT2D eigenvalue weighted by molar-refractivity contribution is 7.98. The Kier molecular flexibility index (Phi) is 4.71. The lowest BCUT2D eigenvalue weighted by atomic mass is 10.2. The molecule has 0 atom stereocenters. The number of ether oxygens (including phenoxy) is 3. The SMILES string of the molecule is CCn1c(SCc2ccc3c(c2)OCO3)nnc1-c1ccc(OC)cc1. The van der Waals surface area contributed by atoms with E-state index in [1.54, 1.807) is 18.9 Å². The van der Waals surface area contributed by atoms with Crippen molar-refractivity contribution in [1.82, 2.24) is 14.8 Å². The van der Waals surface area contributed by atoms with E-state index in [-0.39, 0.29) is 0 Å². The predicted molar refractivity (Wildman–Crippen MR) is 99.8 cm³/mol. The van der Waals surface area contributed by atoms with Crippen LogP contribution >= 0.6 is 11.8 Å². The lowest BCUT2D eigenvalue weighted by Gasteiger charge is -2.08. The van der Waals surface area contributed by atoms with Gasteiger partial charge in [0.1, 0.15) is 5.75 Å². The Balaban J connectivity index is 1.52. The van der Waals surface area contributed by atoms with E-state index in [1.165, 1.54) is 0 Å². The van der Waals surface area contributed by atoms with E-state index in [0.717, 1.165) is 51.7 Å². The Hall–Kier alpha value is -2.67. The van der Waals surface area contributed by atoms with Gasteiger partial charge in [-0.3, -0.25) is 0 Å². The number of rotatable bonds is 6. The van der Waals surface area contributed by atoms with E-state index in [2.05, 4.69) is 27.8 Å². The van der Waals surface area contributed by atoms with Crippen molar-refractivity contribution >= 4 is 11.8 Å². The molecule has 0 bridgehead atoms. The van der Waals surface area contributed by atoms with E-state index in [0.29, 0.717) is 6.79 Å². The fourth-order valence-electron chi connectivity index (χ4n) is 2.81. The number of methoxy groups -OCH3 is 1. The molecule has 1 aliphatic rings. The molecule has 134 valence electrons. The molecule has 0 radical (unpaired) electrons. The summed E-state index contributed by atoms with van der Waals surface area (Å²) in [6.07, 6.45) is 0. The summed E-state index contributed by atoms with van der Waals surface area (Å²) in [5.41, 5.74) is 2.19. The van der Waals surface area contributed by atoms with Gasteiger partial charge in [0, 0.05) is 17.9 Å². The van der Waals surface area contributed by atoms with Crippen molar-refractivity contribution in [2.24, 2.45) is 0 Å². The number of fused-ring (bicyclic) bond motifs is 1. The molecule has 0 aliphatic carbocycles. The Morgan fingerprint density at radius 3 is 2.65 bits per heavy atom. The average molecular weight is 369 g/mol. The van der Waals surface area contributed by atoms with Crippen molar-refractivity contribution in [3.8, 4) is 28.6 Å². The fraction of sp³-hybridized carbons (Fsp3) is 0.263. The molecule has 1 aliphatic heterocycles. The molecule has 0 saturated heterocycles. The van der Waals surface area contributed by atoms with Gasteiger partial charge in [0.15, 0.2) is 22.5 Å². The van der Waals surface area contributed by atoms with E-state index in [4.69, 9.17) is 14.2 Å². The summed E-state index contributed by atoms with van der Waals surface area (Å²) >= 11 is 1.66. The molecule has 1 aromatic heterocycles. The van der Waals surface area contributed by atoms with E-state index in [9.17, 15) is 0 Å². The van der Waals surface area contributed by atoms with Crippen molar-refractivity contribution in [2.75, 3.05) is 13.9 Å². The van der Waals surface area contributed by atoms with Gasteiger partial charge in [-0.25, -0.2) is 0 Å². The van der Waals surface area contributed by atoms with Gasteiger partial charge in [-0.2, -0.15) is 0 Å². The van der Waals surface area contributed by atoms with Crippen LogP contribution in [-0.4, -0.2) is 28.7 Å². The highest BCUT2D eigenvalue weighted by Gasteiger charge is 2.16. The Morgan fingerprint density at radius 1 is 1.08 bits per heavy atom.